The number of amides is 1. The predicted octanol–water partition coefficient (Wildman–Crippen LogP) is 2.99. The van der Waals surface area contributed by atoms with Gasteiger partial charge in [0, 0.05) is 12.2 Å². The van der Waals surface area contributed by atoms with Crippen molar-refractivity contribution in [2.45, 2.75) is 33.1 Å². The molecule has 1 rings (SSSR count). The molecule has 0 aliphatic rings. The fourth-order valence-electron chi connectivity index (χ4n) is 2.02. The molecule has 1 atom stereocenters. The summed E-state index contributed by atoms with van der Waals surface area (Å²) in [5, 5.41) is 6.11. The molecular formula is C15H24N2O. The van der Waals surface area contributed by atoms with E-state index in [1.165, 1.54) is 5.56 Å². The van der Waals surface area contributed by atoms with E-state index in [2.05, 4.69) is 30.5 Å². The largest absolute Gasteiger partial charge is 0.326 e. The third kappa shape index (κ3) is 3.84. The average Bonchev–Trinajstić information content (AvgIpc) is 2.36. The highest BCUT2D eigenvalue weighted by Crippen LogP contribution is 2.24. The van der Waals surface area contributed by atoms with E-state index in [1.54, 1.807) is 0 Å². The van der Waals surface area contributed by atoms with Gasteiger partial charge in [-0.1, -0.05) is 39.0 Å². The van der Waals surface area contributed by atoms with Crippen LogP contribution in [0.3, 0.4) is 0 Å². The second kappa shape index (κ2) is 7.17. The molecule has 0 saturated heterocycles. The first-order valence-corrected chi connectivity index (χ1v) is 6.64. The van der Waals surface area contributed by atoms with E-state index in [9.17, 15) is 4.79 Å². The van der Waals surface area contributed by atoms with Crippen molar-refractivity contribution in [1.29, 1.82) is 0 Å². The van der Waals surface area contributed by atoms with Gasteiger partial charge in [0.1, 0.15) is 0 Å². The van der Waals surface area contributed by atoms with Crippen LogP contribution in [0.25, 0.3) is 0 Å². The van der Waals surface area contributed by atoms with Crippen LogP contribution >= 0.6 is 0 Å². The number of nitrogens with one attached hydrogen (secondary N) is 2. The summed E-state index contributed by atoms with van der Waals surface area (Å²) in [5.74, 6) is 0.529. The lowest BCUT2D eigenvalue weighted by Gasteiger charge is -2.17. The van der Waals surface area contributed by atoms with Crippen LogP contribution < -0.4 is 10.6 Å². The number of benzene rings is 1. The first-order valence-electron chi connectivity index (χ1n) is 6.64. The first kappa shape index (κ1) is 14.7. The Morgan fingerprint density at radius 3 is 2.50 bits per heavy atom. The van der Waals surface area contributed by atoms with Crippen LogP contribution in [0.5, 0.6) is 0 Å². The normalized spacial score (nSPS) is 12.5. The van der Waals surface area contributed by atoms with Gasteiger partial charge in [0.15, 0.2) is 0 Å². The lowest BCUT2D eigenvalue weighted by molar-refractivity contribution is -0.119. The topological polar surface area (TPSA) is 41.1 Å². The standard InChI is InChI=1S/C15H24N2O/c1-5-12(10-16-4)15(18)17-14-9-7-6-8-13(14)11(2)3/h6-9,11-12,16H,5,10H2,1-4H3,(H,17,18). The summed E-state index contributed by atoms with van der Waals surface area (Å²) < 4.78 is 0. The van der Waals surface area contributed by atoms with Gasteiger partial charge in [-0.3, -0.25) is 4.79 Å². The molecule has 1 aromatic rings. The summed E-state index contributed by atoms with van der Waals surface area (Å²) in [6.45, 7) is 7.02. The molecule has 3 nitrogen and oxygen atoms in total. The SMILES string of the molecule is CCC(CNC)C(=O)Nc1ccccc1C(C)C. The van der Waals surface area contributed by atoms with Crippen LogP contribution in [0.15, 0.2) is 24.3 Å². The zero-order chi connectivity index (χ0) is 13.5. The smallest absolute Gasteiger partial charge is 0.228 e. The minimum atomic E-state index is 0.0234. The Kier molecular flexibility index (Phi) is 5.86. The Morgan fingerprint density at radius 1 is 1.28 bits per heavy atom. The van der Waals surface area contributed by atoms with E-state index < -0.39 is 0 Å². The van der Waals surface area contributed by atoms with E-state index in [0.717, 1.165) is 12.1 Å². The molecule has 1 unspecified atom stereocenters. The van der Waals surface area contributed by atoms with Crippen molar-refractivity contribution in [3.63, 3.8) is 0 Å². The quantitative estimate of drug-likeness (QED) is 0.812. The minimum Gasteiger partial charge on any atom is -0.326 e. The number of hydrogen-bond acceptors (Lipinski definition) is 2. The first-order chi connectivity index (χ1) is 8.60. The average molecular weight is 248 g/mol. The molecule has 2 N–H and O–H groups in total. The number of anilines is 1. The molecule has 0 aromatic heterocycles. The highest BCUT2D eigenvalue weighted by Gasteiger charge is 2.17. The fraction of sp³-hybridized carbons (Fsp3) is 0.533. The molecule has 0 spiro atoms. The van der Waals surface area contributed by atoms with E-state index in [-0.39, 0.29) is 11.8 Å². The molecule has 0 bridgehead atoms. The Morgan fingerprint density at radius 2 is 1.94 bits per heavy atom. The van der Waals surface area contributed by atoms with Gasteiger partial charge in [0.2, 0.25) is 5.91 Å². The highest BCUT2D eigenvalue weighted by molar-refractivity contribution is 5.93. The number of carbonyl (C=O) groups is 1. The third-order valence-corrected chi connectivity index (χ3v) is 3.15. The second-order valence-corrected chi connectivity index (χ2v) is 4.89. The summed E-state index contributed by atoms with van der Waals surface area (Å²) in [6, 6.07) is 8.01. The van der Waals surface area contributed by atoms with Gasteiger partial charge in [0.25, 0.3) is 0 Å². The number of carbonyl (C=O) groups excluding carboxylic acids is 1. The molecular weight excluding hydrogens is 224 g/mol. The zero-order valence-corrected chi connectivity index (χ0v) is 11.8. The van der Waals surface area contributed by atoms with Crippen molar-refractivity contribution in [2.24, 2.45) is 5.92 Å². The van der Waals surface area contributed by atoms with E-state index in [1.807, 2.05) is 32.2 Å². The van der Waals surface area contributed by atoms with Gasteiger partial charge >= 0.3 is 0 Å². The van der Waals surface area contributed by atoms with Crippen molar-refractivity contribution in [2.75, 3.05) is 18.9 Å². The molecule has 0 aliphatic heterocycles. The molecule has 1 amide bonds. The van der Waals surface area contributed by atoms with Crippen LogP contribution in [0.1, 0.15) is 38.7 Å². The third-order valence-electron chi connectivity index (χ3n) is 3.15. The zero-order valence-electron chi connectivity index (χ0n) is 11.8. The molecule has 0 heterocycles. The summed E-state index contributed by atoms with van der Waals surface area (Å²) in [4.78, 5) is 12.2. The molecule has 0 fully saturated rings. The summed E-state index contributed by atoms with van der Waals surface area (Å²) >= 11 is 0. The lowest BCUT2D eigenvalue weighted by atomic mass is 10.00. The van der Waals surface area contributed by atoms with Gasteiger partial charge in [-0.2, -0.15) is 0 Å². The summed E-state index contributed by atoms with van der Waals surface area (Å²) in [7, 11) is 1.87. The Bertz CT molecular complexity index is 388. The number of para-hydroxylation sites is 1. The minimum absolute atomic E-state index is 0.0234. The molecule has 18 heavy (non-hydrogen) atoms. The van der Waals surface area contributed by atoms with Crippen LogP contribution in [0.4, 0.5) is 5.69 Å². The number of rotatable bonds is 6. The van der Waals surface area contributed by atoms with Crippen LogP contribution in [-0.2, 0) is 4.79 Å². The van der Waals surface area contributed by atoms with Gasteiger partial charge in [-0.15, -0.1) is 0 Å². The molecule has 0 aliphatic carbocycles. The van der Waals surface area contributed by atoms with Gasteiger partial charge in [-0.05, 0) is 31.0 Å². The fourth-order valence-corrected chi connectivity index (χ4v) is 2.02. The monoisotopic (exact) mass is 248 g/mol. The lowest BCUT2D eigenvalue weighted by Crippen LogP contribution is -2.30. The van der Waals surface area contributed by atoms with E-state index >= 15 is 0 Å². The number of hydrogen-bond donors (Lipinski definition) is 2. The van der Waals surface area contributed by atoms with Crippen molar-refractivity contribution >= 4 is 11.6 Å². The molecule has 0 saturated carbocycles. The Balaban J connectivity index is 2.80. The molecule has 1 aromatic carbocycles. The maximum absolute atomic E-state index is 12.2. The maximum Gasteiger partial charge on any atom is 0.228 e. The van der Waals surface area contributed by atoms with Crippen LogP contribution in [-0.4, -0.2) is 19.5 Å². The highest BCUT2D eigenvalue weighted by atomic mass is 16.1. The van der Waals surface area contributed by atoms with Crippen LogP contribution in [0, 0.1) is 5.92 Å². The molecule has 3 heteroatoms. The molecule has 100 valence electrons. The van der Waals surface area contributed by atoms with Crippen molar-refractivity contribution in [3.8, 4) is 0 Å². The van der Waals surface area contributed by atoms with Gasteiger partial charge < -0.3 is 10.6 Å². The summed E-state index contributed by atoms with van der Waals surface area (Å²) in [5.41, 5.74) is 2.12. The van der Waals surface area contributed by atoms with Gasteiger partial charge in [0.05, 0.1) is 5.92 Å². The van der Waals surface area contributed by atoms with E-state index in [0.29, 0.717) is 12.5 Å². The maximum atomic E-state index is 12.2. The van der Waals surface area contributed by atoms with Crippen molar-refractivity contribution in [1.82, 2.24) is 5.32 Å². The van der Waals surface area contributed by atoms with Crippen molar-refractivity contribution in [3.05, 3.63) is 29.8 Å². The van der Waals surface area contributed by atoms with E-state index in [4.69, 9.17) is 0 Å². The second-order valence-electron chi connectivity index (χ2n) is 4.89. The Labute approximate surface area is 110 Å². The van der Waals surface area contributed by atoms with Crippen molar-refractivity contribution < 1.29 is 4.79 Å². The summed E-state index contributed by atoms with van der Waals surface area (Å²) in [6.07, 6.45) is 0.844. The van der Waals surface area contributed by atoms with Gasteiger partial charge in [-0.25, -0.2) is 0 Å². The van der Waals surface area contributed by atoms with Crippen LogP contribution in [0.2, 0.25) is 0 Å². The molecule has 0 radical (unpaired) electrons. The Hall–Kier alpha value is -1.35. The predicted molar refractivity (Wildman–Crippen MR) is 76.9 cm³/mol.